The van der Waals surface area contributed by atoms with E-state index in [2.05, 4.69) is 16.4 Å². The van der Waals surface area contributed by atoms with Crippen LogP contribution in [-0.4, -0.2) is 31.2 Å². The van der Waals surface area contributed by atoms with E-state index < -0.39 is 6.04 Å². The molecule has 1 aliphatic rings. The van der Waals surface area contributed by atoms with Crippen LogP contribution < -0.4 is 10.1 Å². The molecule has 2 N–H and O–H groups in total. The van der Waals surface area contributed by atoms with Gasteiger partial charge in [-0.05, 0) is 30.2 Å². The molecule has 0 amide bonds. The summed E-state index contributed by atoms with van der Waals surface area (Å²) in [5.74, 6) is 0.323. The van der Waals surface area contributed by atoms with Crippen LogP contribution in [0.2, 0.25) is 5.02 Å². The molecule has 2 unspecified atom stereocenters. The molecule has 2 heterocycles. The number of methoxy groups -OCH3 is 2. The Labute approximate surface area is 162 Å². The molecule has 140 valence electrons. The highest BCUT2D eigenvalue weighted by atomic mass is 35.5. The molecular weight excluding hydrogens is 364 g/mol. The molecule has 2 aromatic carbocycles. The number of esters is 1. The van der Waals surface area contributed by atoms with Crippen LogP contribution >= 0.6 is 11.6 Å². The highest BCUT2D eigenvalue weighted by Gasteiger charge is 2.36. The number of hydrogen-bond acceptors (Lipinski definition) is 4. The van der Waals surface area contributed by atoms with Gasteiger partial charge in [-0.1, -0.05) is 35.9 Å². The van der Waals surface area contributed by atoms with Gasteiger partial charge in [-0.25, -0.2) is 0 Å². The van der Waals surface area contributed by atoms with Crippen LogP contribution in [-0.2, 0) is 16.0 Å². The lowest BCUT2D eigenvalue weighted by Crippen LogP contribution is -2.45. The van der Waals surface area contributed by atoms with Crippen LogP contribution in [0.1, 0.15) is 28.4 Å². The number of rotatable bonds is 3. The minimum absolute atomic E-state index is 0.266. The first-order valence-electron chi connectivity index (χ1n) is 8.81. The SMILES string of the molecule is COC(=O)C1Cc2c([nH]c3ccccc23)C(c2cc(C)cc(Cl)c2OC)N1. The summed E-state index contributed by atoms with van der Waals surface area (Å²) in [7, 11) is 3.01. The van der Waals surface area contributed by atoms with Crippen molar-refractivity contribution in [2.24, 2.45) is 0 Å². The van der Waals surface area contributed by atoms with Gasteiger partial charge in [0.25, 0.3) is 0 Å². The number of halogens is 1. The van der Waals surface area contributed by atoms with Crippen molar-refractivity contribution in [3.63, 3.8) is 0 Å². The van der Waals surface area contributed by atoms with E-state index in [1.807, 2.05) is 37.3 Å². The van der Waals surface area contributed by atoms with E-state index in [4.69, 9.17) is 21.1 Å². The first-order valence-corrected chi connectivity index (χ1v) is 9.18. The minimum Gasteiger partial charge on any atom is -0.495 e. The zero-order valence-electron chi connectivity index (χ0n) is 15.4. The van der Waals surface area contributed by atoms with Crippen molar-refractivity contribution in [2.75, 3.05) is 14.2 Å². The predicted molar refractivity (Wildman–Crippen MR) is 106 cm³/mol. The number of H-pyrrole nitrogens is 1. The summed E-state index contributed by atoms with van der Waals surface area (Å²) in [6.45, 7) is 1.99. The quantitative estimate of drug-likeness (QED) is 0.672. The third kappa shape index (κ3) is 2.97. The van der Waals surface area contributed by atoms with E-state index in [1.54, 1.807) is 7.11 Å². The highest BCUT2D eigenvalue weighted by Crippen LogP contribution is 2.41. The standard InChI is InChI=1S/C21H21ClN2O3/c1-11-8-14(20(26-2)15(22)9-11)19-18-13(10-17(24-19)21(25)27-3)12-6-4-5-7-16(12)23-18/h4-9,17,19,23-24H,10H2,1-3H3. The Balaban J connectivity index is 1.94. The third-order valence-electron chi connectivity index (χ3n) is 5.13. The number of aromatic amines is 1. The van der Waals surface area contributed by atoms with Gasteiger partial charge in [-0.2, -0.15) is 0 Å². The molecule has 3 aromatic rings. The van der Waals surface area contributed by atoms with Crippen molar-refractivity contribution in [3.8, 4) is 5.75 Å². The zero-order chi connectivity index (χ0) is 19.1. The minimum atomic E-state index is -0.448. The van der Waals surface area contributed by atoms with E-state index in [0.29, 0.717) is 17.2 Å². The summed E-state index contributed by atoms with van der Waals surface area (Å²) in [6, 6.07) is 11.3. The fraction of sp³-hybridized carbons (Fsp3) is 0.286. The van der Waals surface area contributed by atoms with E-state index in [0.717, 1.165) is 33.3 Å². The predicted octanol–water partition coefficient (Wildman–Crippen LogP) is 3.92. The van der Waals surface area contributed by atoms with Crippen molar-refractivity contribution < 1.29 is 14.3 Å². The van der Waals surface area contributed by atoms with Crippen molar-refractivity contribution in [2.45, 2.75) is 25.4 Å². The maximum Gasteiger partial charge on any atom is 0.323 e. The van der Waals surface area contributed by atoms with Gasteiger partial charge in [0.15, 0.2) is 0 Å². The maximum absolute atomic E-state index is 12.3. The second-order valence-electron chi connectivity index (χ2n) is 6.81. The second-order valence-corrected chi connectivity index (χ2v) is 7.22. The number of para-hydroxylation sites is 1. The average molecular weight is 385 g/mol. The zero-order valence-corrected chi connectivity index (χ0v) is 16.2. The normalized spacial score (nSPS) is 19.0. The molecule has 2 atom stereocenters. The molecule has 0 saturated carbocycles. The van der Waals surface area contributed by atoms with Crippen LogP contribution in [0.3, 0.4) is 0 Å². The Morgan fingerprint density at radius 2 is 2.00 bits per heavy atom. The molecular formula is C21H21ClN2O3. The van der Waals surface area contributed by atoms with Crippen LogP contribution in [0.4, 0.5) is 0 Å². The molecule has 0 bridgehead atoms. The number of aromatic nitrogens is 1. The van der Waals surface area contributed by atoms with E-state index in [-0.39, 0.29) is 12.0 Å². The highest BCUT2D eigenvalue weighted by molar-refractivity contribution is 6.32. The second kappa shape index (κ2) is 6.91. The fourth-order valence-electron chi connectivity index (χ4n) is 3.96. The number of ether oxygens (including phenoxy) is 2. The van der Waals surface area contributed by atoms with Gasteiger partial charge in [-0.15, -0.1) is 0 Å². The summed E-state index contributed by atoms with van der Waals surface area (Å²) < 4.78 is 10.6. The van der Waals surface area contributed by atoms with Crippen LogP contribution in [0, 0.1) is 6.92 Å². The first-order chi connectivity index (χ1) is 13.0. The average Bonchev–Trinajstić information content (AvgIpc) is 3.04. The molecule has 4 rings (SSSR count). The van der Waals surface area contributed by atoms with Crippen molar-refractivity contribution in [1.82, 2.24) is 10.3 Å². The summed E-state index contributed by atoms with van der Waals surface area (Å²) in [5, 5.41) is 5.09. The molecule has 5 nitrogen and oxygen atoms in total. The van der Waals surface area contributed by atoms with Gasteiger partial charge in [0, 0.05) is 28.6 Å². The number of nitrogens with one attached hydrogen (secondary N) is 2. The largest absolute Gasteiger partial charge is 0.495 e. The Kier molecular flexibility index (Phi) is 4.58. The first kappa shape index (κ1) is 17.9. The Bertz CT molecular complexity index is 1030. The topological polar surface area (TPSA) is 63.4 Å². The van der Waals surface area contributed by atoms with Crippen LogP contribution in [0.15, 0.2) is 36.4 Å². The molecule has 0 saturated heterocycles. The molecule has 1 aliphatic heterocycles. The number of aryl methyl sites for hydroxylation is 1. The van der Waals surface area contributed by atoms with Gasteiger partial charge in [0.2, 0.25) is 0 Å². The fourth-order valence-corrected chi connectivity index (χ4v) is 4.32. The summed E-state index contributed by atoms with van der Waals surface area (Å²) in [5.41, 5.74) is 5.10. The molecule has 0 fully saturated rings. The third-order valence-corrected chi connectivity index (χ3v) is 5.41. The number of benzene rings is 2. The number of fused-ring (bicyclic) bond motifs is 3. The summed E-state index contributed by atoms with van der Waals surface area (Å²) in [4.78, 5) is 15.9. The lowest BCUT2D eigenvalue weighted by atomic mass is 9.89. The lowest BCUT2D eigenvalue weighted by Gasteiger charge is -2.31. The number of carbonyl (C=O) groups is 1. The van der Waals surface area contributed by atoms with Crippen molar-refractivity contribution in [1.29, 1.82) is 0 Å². The van der Waals surface area contributed by atoms with Crippen molar-refractivity contribution >= 4 is 28.5 Å². The van der Waals surface area contributed by atoms with Crippen molar-refractivity contribution in [3.05, 3.63) is 63.8 Å². The molecule has 0 spiro atoms. The van der Waals surface area contributed by atoms with E-state index >= 15 is 0 Å². The van der Waals surface area contributed by atoms with Crippen LogP contribution in [0.25, 0.3) is 10.9 Å². The lowest BCUT2D eigenvalue weighted by molar-refractivity contribution is -0.143. The maximum atomic E-state index is 12.3. The molecule has 1 aromatic heterocycles. The van der Waals surface area contributed by atoms with Gasteiger partial charge in [0.05, 0.1) is 25.3 Å². The Morgan fingerprint density at radius 1 is 1.22 bits per heavy atom. The van der Waals surface area contributed by atoms with Gasteiger partial charge < -0.3 is 14.5 Å². The van der Waals surface area contributed by atoms with E-state index in [1.165, 1.54) is 7.11 Å². The van der Waals surface area contributed by atoms with Gasteiger partial charge in [0.1, 0.15) is 11.8 Å². The molecule has 0 radical (unpaired) electrons. The Hall–Kier alpha value is -2.50. The van der Waals surface area contributed by atoms with Crippen LogP contribution in [0.5, 0.6) is 5.75 Å². The smallest absolute Gasteiger partial charge is 0.323 e. The van der Waals surface area contributed by atoms with E-state index in [9.17, 15) is 4.79 Å². The number of carbonyl (C=O) groups excluding carboxylic acids is 1. The Morgan fingerprint density at radius 3 is 2.74 bits per heavy atom. The monoisotopic (exact) mass is 384 g/mol. The van der Waals surface area contributed by atoms with Gasteiger partial charge in [-0.3, -0.25) is 10.1 Å². The number of hydrogen-bond donors (Lipinski definition) is 2. The molecule has 6 heteroatoms. The van der Waals surface area contributed by atoms with Gasteiger partial charge >= 0.3 is 5.97 Å². The summed E-state index contributed by atoms with van der Waals surface area (Å²) in [6.07, 6.45) is 0.560. The molecule has 0 aliphatic carbocycles. The molecule has 27 heavy (non-hydrogen) atoms. The summed E-state index contributed by atoms with van der Waals surface area (Å²) >= 11 is 6.43.